The summed E-state index contributed by atoms with van der Waals surface area (Å²) in [4.78, 5) is 13.7. The van der Waals surface area contributed by atoms with Crippen LogP contribution in [0.1, 0.15) is 42.2 Å². The topological polar surface area (TPSA) is 47.6 Å². The maximum Gasteiger partial charge on any atom is 0.169 e. The molecule has 4 heteroatoms. The van der Waals surface area contributed by atoms with Crippen LogP contribution in [0.4, 0.5) is 5.69 Å². The van der Waals surface area contributed by atoms with Gasteiger partial charge in [0.05, 0.1) is 24.6 Å². The third-order valence-corrected chi connectivity index (χ3v) is 6.62. The summed E-state index contributed by atoms with van der Waals surface area (Å²) >= 11 is 0. The second kappa shape index (κ2) is 8.38. The Morgan fingerprint density at radius 3 is 2.44 bits per heavy atom. The van der Waals surface area contributed by atoms with Crippen LogP contribution in [0.25, 0.3) is 16.5 Å². The molecule has 2 aliphatic rings. The molecule has 0 bridgehead atoms. The van der Waals surface area contributed by atoms with Crippen molar-refractivity contribution < 1.29 is 14.3 Å². The molecule has 34 heavy (non-hydrogen) atoms. The summed E-state index contributed by atoms with van der Waals surface area (Å²) in [7, 11) is 0. The number of rotatable bonds is 4. The SMILES string of the molecule is CCOc1ccc([C@H]2Nc3ccc4ccccc4c3C3=C2C(=O)C[C@@H](c2ccccc2)O3)cc1. The van der Waals surface area contributed by atoms with Crippen molar-refractivity contribution in [2.24, 2.45) is 0 Å². The van der Waals surface area contributed by atoms with Gasteiger partial charge in [0, 0.05) is 11.3 Å². The molecule has 4 aromatic rings. The van der Waals surface area contributed by atoms with Crippen LogP contribution >= 0.6 is 0 Å². The first kappa shape index (κ1) is 20.5. The van der Waals surface area contributed by atoms with Gasteiger partial charge in [0.1, 0.15) is 17.6 Å². The van der Waals surface area contributed by atoms with E-state index in [0.29, 0.717) is 24.4 Å². The number of carbonyl (C=O) groups is 1. The molecule has 0 unspecified atom stereocenters. The second-order valence-corrected chi connectivity index (χ2v) is 8.68. The largest absolute Gasteiger partial charge is 0.494 e. The summed E-state index contributed by atoms with van der Waals surface area (Å²) in [5, 5.41) is 5.84. The second-order valence-electron chi connectivity index (χ2n) is 8.68. The van der Waals surface area contributed by atoms with Crippen molar-refractivity contribution in [2.75, 3.05) is 11.9 Å². The minimum Gasteiger partial charge on any atom is -0.494 e. The summed E-state index contributed by atoms with van der Waals surface area (Å²) in [5.74, 6) is 1.62. The number of carbonyl (C=O) groups excluding carboxylic acids is 1. The molecule has 0 spiro atoms. The van der Waals surface area contributed by atoms with Gasteiger partial charge in [-0.15, -0.1) is 0 Å². The number of nitrogens with one attached hydrogen (secondary N) is 1. The predicted molar refractivity (Wildman–Crippen MR) is 135 cm³/mol. The molecule has 1 N–H and O–H groups in total. The standard InChI is InChI=1S/C30H25NO3/c1-2-33-22-15-12-21(13-16-22)29-28-25(32)18-26(20-9-4-3-5-10-20)34-30(28)27-23-11-7-6-8-19(23)14-17-24(27)31-29/h3-17,26,29,31H,2,18H2,1H3/t26-,29+/m0/s1. The Balaban J connectivity index is 1.53. The fourth-order valence-electron chi connectivity index (χ4n) is 5.03. The number of benzene rings is 4. The highest BCUT2D eigenvalue weighted by atomic mass is 16.5. The van der Waals surface area contributed by atoms with Crippen molar-refractivity contribution in [3.05, 3.63) is 113 Å². The van der Waals surface area contributed by atoms with Crippen LogP contribution in [0.5, 0.6) is 5.75 Å². The summed E-state index contributed by atoms with van der Waals surface area (Å²) in [6, 6.07) is 30.1. The van der Waals surface area contributed by atoms with Crippen LogP contribution < -0.4 is 10.1 Å². The molecule has 4 nitrogen and oxygen atoms in total. The summed E-state index contributed by atoms with van der Waals surface area (Å²) in [6.45, 7) is 2.58. The molecule has 2 heterocycles. The molecule has 0 saturated heterocycles. The van der Waals surface area contributed by atoms with Gasteiger partial charge in [0.15, 0.2) is 5.78 Å². The third kappa shape index (κ3) is 3.43. The van der Waals surface area contributed by atoms with Gasteiger partial charge in [-0.05, 0) is 47.0 Å². The molecule has 168 valence electrons. The summed E-state index contributed by atoms with van der Waals surface area (Å²) < 4.78 is 12.3. The van der Waals surface area contributed by atoms with Crippen molar-refractivity contribution in [2.45, 2.75) is 25.5 Å². The normalized spacial score (nSPS) is 19.1. The lowest BCUT2D eigenvalue weighted by molar-refractivity contribution is -0.119. The van der Waals surface area contributed by atoms with Crippen molar-refractivity contribution >= 4 is 28.0 Å². The molecule has 2 atom stereocenters. The lowest BCUT2D eigenvalue weighted by Crippen LogP contribution is -2.30. The van der Waals surface area contributed by atoms with Gasteiger partial charge in [-0.2, -0.15) is 0 Å². The number of ether oxygens (including phenoxy) is 2. The zero-order valence-corrected chi connectivity index (χ0v) is 19.0. The van der Waals surface area contributed by atoms with E-state index in [9.17, 15) is 4.79 Å². The average molecular weight is 448 g/mol. The fourth-order valence-corrected chi connectivity index (χ4v) is 5.03. The van der Waals surface area contributed by atoms with Gasteiger partial charge < -0.3 is 14.8 Å². The van der Waals surface area contributed by atoms with Crippen LogP contribution in [-0.4, -0.2) is 12.4 Å². The highest BCUT2D eigenvalue weighted by molar-refractivity contribution is 6.11. The number of Topliss-reactive ketones (excluding diaryl/α,β-unsaturated/α-hetero) is 1. The van der Waals surface area contributed by atoms with Crippen molar-refractivity contribution in [3.63, 3.8) is 0 Å². The number of ketones is 1. The van der Waals surface area contributed by atoms with Crippen LogP contribution in [0.2, 0.25) is 0 Å². The van der Waals surface area contributed by atoms with Crippen LogP contribution in [0, 0.1) is 0 Å². The Morgan fingerprint density at radius 2 is 1.65 bits per heavy atom. The first-order valence-electron chi connectivity index (χ1n) is 11.7. The molecule has 2 aliphatic heterocycles. The maximum absolute atomic E-state index is 13.7. The monoisotopic (exact) mass is 447 g/mol. The summed E-state index contributed by atoms with van der Waals surface area (Å²) in [5.41, 5.74) is 4.65. The Kier molecular flexibility index (Phi) is 5.06. The minimum absolute atomic E-state index is 0.111. The number of hydrogen-bond acceptors (Lipinski definition) is 4. The average Bonchev–Trinajstić information content (AvgIpc) is 2.89. The Bertz CT molecular complexity index is 1410. The highest BCUT2D eigenvalue weighted by Crippen LogP contribution is 2.49. The number of fused-ring (bicyclic) bond motifs is 4. The number of hydrogen-bond donors (Lipinski definition) is 1. The van der Waals surface area contributed by atoms with Crippen molar-refractivity contribution in [3.8, 4) is 5.75 Å². The fraction of sp³-hybridized carbons (Fsp3) is 0.167. The zero-order chi connectivity index (χ0) is 23.1. The lowest BCUT2D eigenvalue weighted by atomic mass is 9.83. The van der Waals surface area contributed by atoms with E-state index in [-0.39, 0.29) is 17.9 Å². The molecule has 0 aromatic heterocycles. The molecule has 0 aliphatic carbocycles. The smallest absolute Gasteiger partial charge is 0.169 e. The third-order valence-electron chi connectivity index (χ3n) is 6.62. The van der Waals surface area contributed by atoms with Crippen molar-refractivity contribution in [1.29, 1.82) is 0 Å². The number of anilines is 1. The van der Waals surface area contributed by atoms with E-state index in [1.54, 1.807) is 0 Å². The molecule has 0 amide bonds. The summed E-state index contributed by atoms with van der Waals surface area (Å²) in [6.07, 6.45) is 0.0105. The lowest BCUT2D eigenvalue weighted by Gasteiger charge is -2.37. The van der Waals surface area contributed by atoms with Crippen LogP contribution in [0.15, 0.2) is 96.6 Å². The van der Waals surface area contributed by atoms with E-state index in [1.807, 2.05) is 73.7 Å². The van der Waals surface area contributed by atoms with Gasteiger partial charge in [0.25, 0.3) is 0 Å². The van der Waals surface area contributed by atoms with Gasteiger partial charge in [-0.3, -0.25) is 4.79 Å². The first-order chi connectivity index (χ1) is 16.7. The van der Waals surface area contributed by atoms with Crippen LogP contribution in [0.3, 0.4) is 0 Å². The molecule has 0 fully saturated rings. The Morgan fingerprint density at radius 1 is 0.882 bits per heavy atom. The molecule has 0 radical (unpaired) electrons. The van der Waals surface area contributed by atoms with E-state index >= 15 is 0 Å². The molecular formula is C30H25NO3. The molecule has 4 aromatic carbocycles. The quantitative estimate of drug-likeness (QED) is 0.372. The predicted octanol–water partition coefficient (Wildman–Crippen LogP) is 6.85. The molecular weight excluding hydrogens is 422 g/mol. The highest BCUT2D eigenvalue weighted by Gasteiger charge is 2.40. The Hall–Kier alpha value is -4.05. The first-order valence-corrected chi connectivity index (χ1v) is 11.7. The zero-order valence-electron chi connectivity index (χ0n) is 19.0. The Labute approximate surface area is 198 Å². The van der Waals surface area contributed by atoms with E-state index in [1.165, 1.54) is 0 Å². The van der Waals surface area contributed by atoms with E-state index in [2.05, 4.69) is 29.6 Å². The molecule has 0 saturated carbocycles. The van der Waals surface area contributed by atoms with Gasteiger partial charge in [-0.1, -0.05) is 72.8 Å². The minimum atomic E-state index is -0.307. The van der Waals surface area contributed by atoms with Crippen LogP contribution in [-0.2, 0) is 9.53 Å². The van der Waals surface area contributed by atoms with Gasteiger partial charge >= 0.3 is 0 Å². The maximum atomic E-state index is 13.7. The van der Waals surface area contributed by atoms with E-state index in [0.717, 1.165) is 38.9 Å². The van der Waals surface area contributed by atoms with E-state index in [4.69, 9.17) is 9.47 Å². The molecule has 6 rings (SSSR count). The van der Waals surface area contributed by atoms with Gasteiger partial charge in [-0.25, -0.2) is 0 Å². The van der Waals surface area contributed by atoms with E-state index < -0.39 is 0 Å². The van der Waals surface area contributed by atoms with Crippen molar-refractivity contribution in [1.82, 2.24) is 0 Å². The van der Waals surface area contributed by atoms with Gasteiger partial charge in [0.2, 0.25) is 0 Å².